The molecule has 4 rings (SSSR count). The highest BCUT2D eigenvalue weighted by molar-refractivity contribution is 6.30. The quantitative estimate of drug-likeness (QED) is 0.253. The first-order valence-corrected chi connectivity index (χ1v) is 17.6. The van der Waals surface area contributed by atoms with Gasteiger partial charge >= 0.3 is 12.2 Å². The summed E-state index contributed by atoms with van der Waals surface area (Å²) in [4.78, 5) is 68.3. The Kier molecular flexibility index (Phi) is 13.9. The summed E-state index contributed by atoms with van der Waals surface area (Å²) in [5.74, 6) is -0.653. The van der Waals surface area contributed by atoms with Crippen molar-refractivity contribution in [2.24, 2.45) is 5.92 Å². The lowest BCUT2D eigenvalue weighted by molar-refractivity contribution is -0.139. The zero-order valence-corrected chi connectivity index (χ0v) is 29.5. The Balaban J connectivity index is 1.44. The summed E-state index contributed by atoms with van der Waals surface area (Å²) in [6.07, 6.45) is 4.62. The lowest BCUT2D eigenvalue weighted by Crippen LogP contribution is -2.57. The summed E-state index contributed by atoms with van der Waals surface area (Å²) < 4.78 is 11.1. The second kappa shape index (κ2) is 18.0. The largest absolute Gasteiger partial charge is 0.445 e. The third kappa shape index (κ3) is 11.8. The van der Waals surface area contributed by atoms with E-state index in [2.05, 4.69) is 10.6 Å². The summed E-state index contributed by atoms with van der Waals surface area (Å²) >= 11 is 6.06. The van der Waals surface area contributed by atoms with Crippen molar-refractivity contribution in [3.63, 3.8) is 0 Å². The van der Waals surface area contributed by atoms with E-state index >= 15 is 0 Å². The van der Waals surface area contributed by atoms with Crippen LogP contribution in [0.25, 0.3) is 0 Å². The lowest BCUT2D eigenvalue weighted by Gasteiger charge is -2.42. The number of hydrogen-bond acceptors (Lipinski definition) is 7. The van der Waals surface area contributed by atoms with Crippen LogP contribution in [0.4, 0.5) is 9.59 Å². The molecule has 4 amide bonds. The van der Waals surface area contributed by atoms with Crippen LogP contribution >= 0.6 is 11.6 Å². The zero-order valence-electron chi connectivity index (χ0n) is 28.7. The summed E-state index contributed by atoms with van der Waals surface area (Å²) in [5.41, 5.74) is 0.905. The fraction of sp³-hybridized carbons (Fsp3) is 0.541. The standard InChI is InChI=1S/C37H49ClN4O7/c1-37(2,3)49-36(47)42-20-19-41(24-32(42)28-15-8-5-9-16-28)34(45)30(18-11-21-43)39-33(44)23-31(27-13-6-4-7-14-27)40-35(46)48-25-26-12-10-17-29(38)22-26/h5,8-10,12,15-17,21-22,27,30-32H,4,6-7,11,13-14,18-20,23-25H2,1-3H3,(H,39,44)(H,40,46)/t30-,31?,32?/m0/s1. The maximum atomic E-state index is 14.0. The summed E-state index contributed by atoms with van der Waals surface area (Å²) in [5, 5.41) is 6.32. The van der Waals surface area contributed by atoms with Gasteiger partial charge < -0.3 is 29.8 Å². The highest BCUT2D eigenvalue weighted by Gasteiger charge is 2.38. The van der Waals surface area contributed by atoms with Crippen LogP contribution in [0.5, 0.6) is 0 Å². The van der Waals surface area contributed by atoms with Crippen LogP contribution in [-0.2, 0) is 30.5 Å². The minimum absolute atomic E-state index is 0.0312. The SMILES string of the molecule is CC(C)(C)OC(=O)N1CCN(C(=O)[C@H](CCC=O)NC(=O)CC(NC(=O)OCc2cccc(Cl)c2)C2CCCCC2)CC1c1ccccc1. The van der Waals surface area contributed by atoms with Crippen LogP contribution in [0, 0.1) is 5.92 Å². The van der Waals surface area contributed by atoms with Gasteiger partial charge in [-0.2, -0.15) is 0 Å². The molecule has 1 aliphatic heterocycles. The molecule has 2 N–H and O–H groups in total. The molecule has 2 fully saturated rings. The Bertz CT molecular complexity index is 1430. The topological polar surface area (TPSA) is 134 Å². The molecule has 2 aliphatic rings. The first-order chi connectivity index (χ1) is 23.4. The molecule has 3 atom stereocenters. The first-order valence-electron chi connectivity index (χ1n) is 17.2. The Labute approximate surface area is 294 Å². The number of ether oxygens (including phenoxy) is 2. The average Bonchev–Trinajstić information content (AvgIpc) is 3.08. The molecule has 1 saturated carbocycles. The van der Waals surface area contributed by atoms with Crippen LogP contribution in [0.2, 0.25) is 5.02 Å². The number of rotatable bonds is 12. The zero-order chi connectivity index (χ0) is 35.4. The fourth-order valence-electron chi connectivity index (χ4n) is 6.49. The minimum Gasteiger partial charge on any atom is -0.445 e. The number of hydrogen-bond donors (Lipinski definition) is 2. The predicted molar refractivity (Wildman–Crippen MR) is 186 cm³/mol. The second-order valence-corrected chi connectivity index (χ2v) is 14.2. The molecule has 12 heteroatoms. The van der Waals surface area contributed by atoms with Crippen molar-refractivity contribution in [2.75, 3.05) is 19.6 Å². The fourth-order valence-corrected chi connectivity index (χ4v) is 6.70. The van der Waals surface area contributed by atoms with Gasteiger partial charge in [-0.15, -0.1) is 0 Å². The third-order valence-electron chi connectivity index (χ3n) is 8.90. The molecule has 11 nitrogen and oxygen atoms in total. The molecule has 1 aliphatic carbocycles. The molecule has 2 aromatic rings. The number of halogens is 1. The van der Waals surface area contributed by atoms with Gasteiger partial charge in [0.1, 0.15) is 24.5 Å². The number of carbonyl (C=O) groups is 5. The molecular weight excluding hydrogens is 648 g/mol. The number of nitrogens with one attached hydrogen (secondary N) is 2. The number of benzene rings is 2. The second-order valence-electron chi connectivity index (χ2n) is 13.8. The van der Waals surface area contributed by atoms with Gasteiger partial charge in [0.15, 0.2) is 0 Å². The number of alkyl carbamates (subject to hydrolysis) is 1. The molecule has 49 heavy (non-hydrogen) atoms. The Morgan fingerprint density at radius 1 is 0.980 bits per heavy atom. The van der Waals surface area contributed by atoms with Crippen LogP contribution in [0.15, 0.2) is 54.6 Å². The Morgan fingerprint density at radius 2 is 1.71 bits per heavy atom. The van der Waals surface area contributed by atoms with E-state index in [0.29, 0.717) is 5.02 Å². The lowest BCUT2D eigenvalue weighted by atomic mass is 9.82. The molecule has 0 radical (unpaired) electrons. The molecule has 2 aromatic carbocycles. The van der Waals surface area contributed by atoms with E-state index in [0.717, 1.165) is 49.5 Å². The van der Waals surface area contributed by atoms with Crippen LogP contribution < -0.4 is 10.6 Å². The maximum absolute atomic E-state index is 14.0. The summed E-state index contributed by atoms with van der Waals surface area (Å²) in [6, 6.07) is 14.6. The Hall–Kier alpha value is -4.12. The molecule has 0 bridgehead atoms. The van der Waals surface area contributed by atoms with E-state index < -0.39 is 41.8 Å². The van der Waals surface area contributed by atoms with E-state index in [4.69, 9.17) is 21.1 Å². The summed E-state index contributed by atoms with van der Waals surface area (Å²) in [6.45, 7) is 6.12. The number of amides is 4. The van der Waals surface area contributed by atoms with Crippen molar-refractivity contribution in [3.8, 4) is 0 Å². The van der Waals surface area contributed by atoms with Crippen molar-refractivity contribution in [2.45, 2.75) is 102 Å². The minimum atomic E-state index is -0.955. The van der Waals surface area contributed by atoms with Gasteiger partial charge in [0.2, 0.25) is 11.8 Å². The number of aldehydes is 1. The average molecular weight is 697 g/mol. The molecule has 2 unspecified atom stereocenters. The molecular formula is C37H49ClN4O7. The van der Waals surface area contributed by atoms with E-state index in [1.165, 1.54) is 0 Å². The highest BCUT2D eigenvalue weighted by atomic mass is 35.5. The van der Waals surface area contributed by atoms with Crippen molar-refractivity contribution in [1.82, 2.24) is 20.4 Å². The van der Waals surface area contributed by atoms with Crippen LogP contribution in [-0.4, -0.2) is 77.4 Å². The van der Waals surface area contributed by atoms with Crippen molar-refractivity contribution in [1.29, 1.82) is 0 Å². The van der Waals surface area contributed by atoms with E-state index in [-0.39, 0.29) is 57.3 Å². The monoisotopic (exact) mass is 696 g/mol. The van der Waals surface area contributed by atoms with Gasteiger partial charge in [0, 0.05) is 43.5 Å². The van der Waals surface area contributed by atoms with Crippen LogP contribution in [0.3, 0.4) is 0 Å². The molecule has 0 aromatic heterocycles. The van der Waals surface area contributed by atoms with Gasteiger partial charge in [0.25, 0.3) is 0 Å². The van der Waals surface area contributed by atoms with Gasteiger partial charge in [0.05, 0.1) is 6.04 Å². The predicted octanol–water partition coefficient (Wildman–Crippen LogP) is 6.19. The molecule has 266 valence electrons. The van der Waals surface area contributed by atoms with E-state index in [1.54, 1.807) is 54.8 Å². The number of carbonyl (C=O) groups excluding carboxylic acids is 5. The first kappa shape index (κ1) is 37.7. The van der Waals surface area contributed by atoms with E-state index in [9.17, 15) is 24.0 Å². The van der Waals surface area contributed by atoms with Crippen LogP contribution in [0.1, 0.15) is 89.3 Å². The van der Waals surface area contributed by atoms with Crippen molar-refractivity contribution in [3.05, 3.63) is 70.7 Å². The van der Waals surface area contributed by atoms with Gasteiger partial charge in [-0.3, -0.25) is 14.5 Å². The normalized spacial score (nSPS) is 18.2. The molecule has 0 spiro atoms. The van der Waals surface area contributed by atoms with Crippen molar-refractivity contribution >= 4 is 41.9 Å². The number of piperazine rings is 1. The van der Waals surface area contributed by atoms with Gasteiger partial charge in [-0.1, -0.05) is 73.3 Å². The molecule has 1 saturated heterocycles. The van der Waals surface area contributed by atoms with Gasteiger partial charge in [-0.25, -0.2) is 9.59 Å². The molecule has 1 heterocycles. The van der Waals surface area contributed by atoms with Gasteiger partial charge in [-0.05, 0) is 69.2 Å². The van der Waals surface area contributed by atoms with E-state index in [1.807, 2.05) is 30.3 Å². The third-order valence-corrected chi connectivity index (χ3v) is 9.13. The summed E-state index contributed by atoms with van der Waals surface area (Å²) in [7, 11) is 0. The maximum Gasteiger partial charge on any atom is 0.410 e. The van der Waals surface area contributed by atoms with Crippen molar-refractivity contribution < 1.29 is 33.4 Å². The Morgan fingerprint density at radius 3 is 2.39 bits per heavy atom. The smallest absolute Gasteiger partial charge is 0.410 e. The number of nitrogens with zero attached hydrogens (tertiary/aromatic N) is 2. The highest BCUT2D eigenvalue weighted by Crippen LogP contribution is 2.30.